The highest BCUT2D eigenvalue weighted by Crippen LogP contribution is 2.21. The Balaban J connectivity index is 1.83. The number of amides is 2. The van der Waals surface area contributed by atoms with Gasteiger partial charge < -0.3 is 19.7 Å². The Morgan fingerprint density at radius 2 is 1.95 bits per heavy atom. The van der Waals surface area contributed by atoms with Crippen molar-refractivity contribution in [2.45, 2.75) is 51.1 Å². The van der Waals surface area contributed by atoms with Crippen LogP contribution in [0.15, 0.2) is 16.5 Å². The molecular weight excluding hydrogens is 272 g/mol. The third kappa shape index (κ3) is 4.24. The Morgan fingerprint density at radius 1 is 1.29 bits per heavy atom. The predicted octanol–water partition coefficient (Wildman–Crippen LogP) is 2.84. The predicted molar refractivity (Wildman–Crippen MR) is 77.2 cm³/mol. The number of rotatable bonds is 4. The summed E-state index contributed by atoms with van der Waals surface area (Å²) in [6.45, 7) is 0.198. The number of furan rings is 1. The Labute approximate surface area is 124 Å². The maximum absolute atomic E-state index is 12.1. The SMILES string of the molecule is CN(C(=O)NCc1ccc(C(=O)O)o1)C1CCCCCC1. The van der Waals surface area contributed by atoms with Crippen LogP contribution >= 0.6 is 0 Å². The van der Waals surface area contributed by atoms with Crippen molar-refractivity contribution in [2.24, 2.45) is 0 Å². The van der Waals surface area contributed by atoms with Crippen LogP contribution in [0.2, 0.25) is 0 Å². The number of carboxylic acid groups (broad SMARTS) is 1. The van der Waals surface area contributed by atoms with Crippen molar-refractivity contribution >= 4 is 12.0 Å². The van der Waals surface area contributed by atoms with Gasteiger partial charge in [-0.1, -0.05) is 25.7 Å². The lowest BCUT2D eigenvalue weighted by Crippen LogP contribution is -2.43. The van der Waals surface area contributed by atoms with E-state index in [1.54, 1.807) is 11.0 Å². The first-order valence-electron chi connectivity index (χ1n) is 7.40. The first-order chi connectivity index (χ1) is 10.1. The molecule has 2 N–H and O–H groups in total. The largest absolute Gasteiger partial charge is 0.475 e. The molecule has 1 heterocycles. The second kappa shape index (κ2) is 7.15. The first-order valence-corrected chi connectivity index (χ1v) is 7.40. The van der Waals surface area contributed by atoms with Gasteiger partial charge in [0.1, 0.15) is 5.76 Å². The Morgan fingerprint density at radius 3 is 2.52 bits per heavy atom. The summed E-state index contributed by atoms with van der Waals surface area (Å²) >= 11 is 0. The summed E-state index contributed by atoms with van der Waals surface area (Å²) in [5.74, 6) is -0.783. The minimum Gasteiger partial charge on any atom is -0.475 e. The van der Waals surface area contributed by atoms with E-state index in [-0.39, 0.29) is 18.3 Å². The van der Waals surface area contributed by atoms with Gasteiger partial charge in [-0.15, -0.1) is 0 Å². The monoisotopic (exact) mass is 294 g/mol. The number of urea groups is 1. The fourth-order valence-corrected chi connectivity index (χ4v) is 2.69. The first kappa shape index (κ1) is 15.4. The Bertz CT molecular complexity index is 490. The van der Waals surface area contributed by atoms with Crippen LogP contribution in [0.3, 0.4) is 0 Å². The van der Waals surface area contributed by atoms with Gasteiger partial charge in [-0.05, 0) is 25.0 Å². The van der Waals surface area contributed by atoms with Crippen molar-refractivity contribution in [3.8, 4) is 0 Å². The van der Waals surface area contributed by atoms with Crippen molar-refractivity contribution in [2.75, 3.05) is 7.05 Å². The maximum Gasteiger partial charge on any atom is 0.371 e. The summed E-state index contributed by atoms with van der Waals surface area (Å²) in [4.78, 5) is 24.6. The van der Waals surface area contributed by atoms with E-state index in [1.165, 1.54) is 31.7 Å². The molecule has 6 nitrogen and oxygen atoms in total. The minimum atomic E-state index is -1.11. The average molecular weight is 294 g/mol. The Kier molecular flexibility index (Phi) is 5.25. The standard InChI is InChI=1S/C15H22N2O4/c1-17(11-6-4-2-3-5-7-11)15(20)16-10-12-8-9-13(21-12)14(18)19/h8-9,11H,2-7,10H2,1H3,(H,16,20)(H,18,19). The normalized spacial score (nSPS) is 16.2. The van der Waals surface area contributed by atoms with Crippen LogP contribution in [0.5, 0.6) is 0 Å². The molecule has 1 aliphatic carbocycles. The van der Waals surface area contributed by atoms with E-state index in [0.29, 0.717) is 11.8 Å². The van der Waals surface area contributed by atoms with E-state index < -0.39 is 5.97 Å². The molecule has 6 heteroatoms. The number of aromatic carboxylic acids is 1. The lowest BCUT2D eigenvalue weighted by atomic mass is 10.1. The molecule has 1 fully saturated rings. The molecule has 0 aliphatic heterocycles. The van der Waals surface area contributed by atoms with Gasteiger partial charge >= 0.3 is 12.0 Å². The molecule has 0 radical (unpaired) electrons. The molecule has 0 saturated heterocycles. The van der Waals surface area contributed by atoms with Crippen molar-refractivity contribution in [1.82, 2.24) is 10.2 Å². The third-order valence-corrected chi connectivity index (χ3v) is 3.98. The fraction of sp³-hybridized carbons (Fsp3) is 0.600. The number of carbonyl (C=O) groups is 2. The van der Waals surface area contributed by atoms with Gasteiger partial charge in [0.15, 0.2) is 0 Å². The molecule has 1 aliphatic rings. The van der Waals surface area contributed by atoms with E-state index in [1.807, 2.05) is 7.05 Å². The molecular formula is C15H22N2O4. The number of carbonyl (C=O) groups excluding carboxylic acids is 1. The van der Waals surface area contributed by atoms with Gasteiger partial charge in [0.25, 0.3) is 0 Å². The third-order valence-electron chi connectivity index (χ3n) is 3.98. The Hall–Kier alpha value is -1.98. The lowest BCUT2D eigenvalue weighted by molar-refractivity contribution is 0.0660. The summed E-state index contributed by atoms with van der Waals surface area (Å²) in [6, 6.07) is 3.10. The zero-order valence-corrected chi connectivity index (χ0v) is 12.3. The average Bonchev–Trinajstić information content (AvgIpc) is 2.78. The summed E-state index contributed by atoms with van der Waals surface area (Å²) in [5.41, 5.74) is 0. The highest BCUT2D eigenvalue weighted by Gasteiger charge is 2.21. The van der Waals surface area contributed by atoms with Crippen LogP contribution in [0.4, 0.5) is 4.79 Å². The second-order valence-electron chi connectivity index (χ2n) is 5.49. The van der Waals surface area contributed by atoms with E-state index in [0.717, 1.165) is 12.8 Å². The van der Waals surface area contributed by atoms with Crippen LogP contribution in [-0.4, -0.2) is 35.1 Å². The zero-order valence-electron chi connectivity index (χ0n) is 12.3. The number of hydrogen-bond donors (Lipinski definition) is 2. The molecule has 0 unspecified atom stereocenters. The highest BCUT2D eigenvalue weighted by molar-refractivity contribution is 5.84. The quantitative estimate of drug-likeness (QED) is 0.836. The van der Waals surface area contributed by atoms with E-state index in [9.17, 15) is 9.59 Å². The van der Waals surface area contributed by atoms with Crippen LogP contribution < -0.4 is 5.32 Å². The number of nitrogens with one attached hydrogen (secondary N) is 1. The van der Waals surface area contributed by atoms with Gasteiger partial charge in [-0.25, -0.2) is 9.59 Å². The number of hydrogen-bond acceptors (Lipinski definition) is 3. The molecule has 2 rings (SSSR count). The summed E-state index contributed by atoms with van der Waals surface area (Å²) in [5, 5.41) is 11.5. The molecule has 0 atom stereocenters. The van der Waals surface area contributed by atoms with Crippen molar-refractivity contribution < 1.29 is 19.1 Å². The minimum absolute atomic E-state index is 0.114. The van der Waals surface area contributed by atoms with E-state index in [2.05, 4.69) is 5.32 Å². The van der Waals surface area contributed by atoms with Gasteiger partial charge in [-0.2, -0.15) is 0 Å². The van der Waals surface area contributed by atoms with Gasteiger partial charge in [0, 0.05) is 13.1 Å². The molecule has 0 aromatic carbocycles. The molecule has 1 aromatic heterocycles. The summed E-state index contributed by atoms with van der Waals surface area (Å²) < 4.78 is 5.11. The number of carboxylic acids is 1. The summed E-state index contributed by atoms with van der Waals surface area (Å²) in [7, 11) is 1.82. The molecule has 21 heavy (non-hydrogen) atoms. The summed E-state index contributed by atoms with van der Waals surface area (Å²) in [6.07, 6.45) is 6.93. The van der Waals surface area contributed by atoms with Gasteiger partial charge in [0.05, 0.1) is 6.54 Å². The topological polar surface area (TPSA) is 82.8 Å². The van der Waals surface area contributed by atoms with Crippen molar-refractivity contribution in [1.29, 1.82) is 0 Å². The lowest BCUT2D eigenvalue weighted by Gasteiger charge is -2.27. The smallest absolute Gasteiger partial charge is 0.371 e. The van der Waals surface area contributed by atoms with Crippen LogP contribution in [0.1, 0.15) is 54.8 Å². The van der Waals surface area contributed by atoms with Crippen molar-refractivity contribution in [3.05, 3.63) is 23.7 Å². The molecule has 2 amide bonds. The molecule has 116 valence electrons. The maximum atomic E-state index is 12.1. The molecule has 0 bridgehead atoms. The van der Waals surface area contributed by atoms with Crippen LogP contribution in [-0.2, 0) is 6.54 Å². The van der Waals surface area contributed by atoms with Crippen molar-refractivity contribution in [3.63, 3.8) is 0 Å². The zero-order chi connectivity index (χ0) is 15.2. The fourth-order valence-electron chi connectivity index (χ4n) is 2.69. The molecule has 0 spiro atoms. The number of nitrogens with zero attached hydrogens (tertiary/aromatic N) is 1. The molecule has 1 saturated carbocycles. The van der Waals surface area contributed by atoms with Crippen LogP contribution in [0.25, 0.3) is 0 Å². The van der Waals surface area contributed by atoms with Gasteiger partial charge in [0.2, 0.25) is 5.76 Å². The molecule has 1 aromatic rings. The van der Waals surface area contributed by atoms with E-state index >= 15 is 0 Å². The second-order valence-corrected chi connectivity index (χ2v) is 5.49. The van der Waals surface area contributed by atoms with Gasteiger partial charge in [-0.3, -0.25) is 0 Å². The highest BCUT2D eigenvalue weighted by atomic mass is 16.4. The van der Waals surface area contributed by atoms with E-state index in [4.69, 9.17) is 9.52 Å². The van der Waals surface area contributed by atoms with Crippen LogP contribution in [0, 0.1) is 0 Å².